The van der Waals surface area contributed by atoms with Gasteiger partial charge in [-0.3, -0.25) is 0 Å². The first kappa shape index (κ1) is 11.7. The number of aromatic carboxylic acids is 1. The molecule has 0 saturated heterocycles. The Balaban J connectivity index is 2.16. The van der Waals surface area contributed by atoms with Crippen molar-refractivity contribution in [2.75, 3.05) is 13.7 Å². The fraction of sp³-hybridized carbons (Fsp3) is 0.417. The molecule has 1 aromatic rings. The van der Waals surface area contributed by atoms with Crippen molar-refractivity contribution in [2.24, 2.45) is 5.73 Å². The number of carbonyl (C=O) groups is 1. The van der Waals surface area contributed by atoms with E-state index in [-0.39, 0.29) is 11.1 Å². The van der Waals surface area contributed by atoms with E-state index in [0.29, 0.717) is 18.1 Å². The van der Waals surface area contributed by atoms with Gasteiger partial charge in [-0.2, -0.15) is 0 Å². The van der Waals surface area contributed by atoms with Gasteiger partial charge in [-0.25, -0.2) is 4.79 Å². The standard InChI is InChI=1S/C12H15NO4/c1-16-9-3-2-8(11(14)15)6-10(9)17-7-12(13)4-5-12/h2-3,6H,4-5,7,13H2,1H3,(H,14,15). The molecule has 1 fully saturated rings. The van der Waals surface area contributed by atoms with Gasteiger partial charge in [-0.15, -0.1) is 0 Å². The number of carboxylic acid groups (broad SMARTS) is 1. The molecule has 1 aliphatic carbocycles. The highest BCUT2D eigenvalue weighted by molar-refractivity contribution is 5.88. The first-order chi connectivity index (χ1) is 8.04. The Bertz CT molecular complexity index is 440. The van der Waals surface area contributed by atoms with Crippen LogP contribution in [-0.4, -0.2) is 30.3 Å². The van der Waals surface area contributed by atoms with E-state index >= 15 is 0 Å². The largest absolute Gasteiger partial charge is 0.493 e. The second-order valence-electron chi connectivity index (χ2n) is 4.32. The third kappa shape index (κ3) is 2.68. The molecule has 1 aromatic carbocycles. The number of benzene rings is 1. The Morgan fingerprint density at radius 2 is 2.18 bits per heavy atom. The number of hydrogen-bond donors (Lipinski definition) is 2. The highest BCUT2D eigenvalue weighted by Crippen LogP contribution is 2.35. The van der Waals surface area contributed by atoms with Gasteiger partial charge in [0, 0.05) is 0 Å². The lowest BCUT2D eigenvalue weighted by molar-refractivity contribution is 0.0696. The topological polar surface area (TPSA) is 81.8 Å². The van der Waals surface area contributed by atoms with Crippen LogP contribution >= 0.6 is 0 Å². The molecule has 0 spiro atoms. The molecule has 92 valence electrons. The number of nitrogens with two attached hydrogens (primary N) is 1. The number of ether oxygens (including phenoxy) is 2. The summed E-state index contributed by atoms with van der Waals surface area (Å²) in [5, 5.41) is 8.89. The second-order valence-corrected chi connectivity index (χ2v) is 4.32. The lowest BCUT2D eigenvalue weighted by Gasteiger charge is -2.14. The molecule has 0 atom stereocenters. The molecule has 0 radical (unpaired) electrons. The van der Waals surface area contributed by atoms with Crippen LogP contribution in [0.25, 0.3) is 0 Å². The summed E-state index contributed by atoms with van der Waals surface area (Å²) in [5.41, 5.74) is 5.82. The molecular formula is C12H15NO4. The Morgan fingerprint density at radius 1 is 1.47 bits per heavy atom. The predicted molar refractivity (Wildman–Crippen MR) is 61.6 cm³/mol. The van der Waals surface area contributed by atoms with Gasteiger partial charge in [0.1, 0.15) is 6.61 Å². The number of carboxylic acids is 1. The highest BCUT2D eigenvalue weighted by atomic mass is 16.5. The fourth-order valence-electron chi connectivity index (χ4n) is 1.45. The van der Waals surface area contributed by atoms with Crippen LogP contribution in [0.5, 0.6) is 11.5 Å². The van der Waals surface area contributed by atoms with Crippen LogP contribution in [0.2, 0.25) is 0 Å². The number of methoxy groups -OCH3 is 1. The fourth-order valence-corrected chi connectivity index (χ4v) is 1.45. The van der Waals surface area contributed by atoms with Crippen molar-refractivity contribution >= 4 is 5.97 Å². The van der Waals surface area contributed by atoms with E-state index in [1.54, 1.807) is 6.07 Å². The molecule has 0 unspecified atom stereocenters. The van der Waals surface area contributed by atoms with Crippen LogP contribution in [-0.2, 0) is 0 Å². The van der Waals surface area contributed by atoms with Gasteiger partial charge >= 0.3 is 5.97 Å². The van der Waals surface area contributed by atoms with Crippen LogP contribution in [0, 0.1) is 0 Å². The zero-order valence-corrected chi connectivity index (χ0v) is 9.60. The van der Waals surface area contributed by atoms with E-state index in [4.69, 9.17) is 20.3 Å². The minimum atomic E-state index is -0.994. The van der Waals surface area contributed by atoms with Gasteiger partial charge in [0.15, 0.2) is 11.5 Å². The maximum absolute atomic E-state index is 10.8. The van der Waals surface area contributed by atoms with Crippen LogP contribution < -0.4 is 15.2 Å². The minimum absolute atomic E-state index is 0.169. The van der Waals surface area contributed by atoms with Crippen LogP contribution in [0.1, 0.15) is 23.2 Å². The van der Waals surface area contributed by atoms with Crippen molar-refractivity contribution in [2.45, 2.75) is 18.4 Å². The Morgan fingerprint density at radius 3 is 2.71 bits per heavy atom. The van der Waals surface area contributed by atoms with E-state index in [1.165, 1.54) is 19.2 Å². The molecule has 0 bridgehead atoms. The quantitative estimate of drug-likeness (QED) is 0.805. The molecule has 1 saturated carbocycles. The van der Waals surface area contributed by atoms with Gasteiger partial charge in [-0.1, -0.05) is 0 Å². The first-order valence-corrected chi connectivity index (χ1v) is 5.37. The van der Waals surface area contributed by atoms with E-state index < -0.39 is 5.97 Å². The summed E-state index contributed by atoms with van der Waals surface area (Å²) in [6.45, 7) is 0.381. The smallest absolute Gasteiger partial charge is 0.335 e. The van der Waals surface area contributed by atoms with Gasteiger partial charge in [0.05, 0.1) is 18.2 Å². The summed E-state index contributed by atoms with van der Waals surface area (Å²) in [7, 11) is 1.51. The van der Waals surface area contributed by atoms with Crippen LogP contribution in [0.3, 0.4) is 0 Å². The SMILES string of the molecule is COc1ccc(C(=O)O)cc1OCC1(N)CC1. The normalized spacial score (nSPS) is 16.4. The molecule has 1 aliphatic rings. The maximum atomic E-state index is 10.8. The lowest BCUT2D eigenvalue weighted by Crippen LogP contribution is -2.29. The Labute approximate surface area is 99.1 Å². The average molecular weight is 237 g/mol. The summed E-state index contributed by atoms with van der Waals surface area (Å²) >= 11 is 0. The van der Waals surface area contributed by atoms with Crippen molar-refractivity contribution < 1.29 is 19.4 Å². The lowest BCUT2D eigenvalue weighted by atomic mass is 10.2. The summed E-state index contributed by atoms with van der Waals surface area (Å²) in [6.07, 6.45) is 1.88. The minimum Gasteiger partial charge on any atom is -0.493 e. The van der Waals surface area contributed by atoms with Gasteiger partial charge in [0.25, 0.3) is 0 Å². The molecule has 3 N–H and O–H groups in total. The van der Waals surface area contributed by atoms with Gasteiger partial charge < -0.3 is 20.3 Å². The third-order valence-electron chi connectivity index (χ3n) is 2.82. The van der Waals surface area contributed by atoms with E-state index in [2.05, 4.69) is 0 Å². The average Bonchev–Trinajstić information content (AvgIpc) is 3.05. The molecule has 0 aromatic heterocycles. The van der Waals surface area contributed by atoms with E-state index in [1.807, 2.05) is 0 Å². The molecule has 0 aliphatic heterocycles. The zero-order chi connectivity index (χ0) is 12.5. The number of rotatable bonds is 5. The Kier molecular flexibility index (Phi) is 2.93. The van der Waals surface area contributed by atoms with Crippen molar-refractivity contribution in [1.82, 2.24) is 0 Å². The van der Waals surface area contributed by atoms with Crippen molar-refractivity contribution in [3.05, 3.63) is 23.8 Å². The van der Waals surface area contributed by atoms with Gasteiger partial charge in [-0.05, 0) is 31.0 Å². The zero-order valence-electron chi connectivity index (χ0n) is 9.60. The summed E-state index contributed by atoms with van der Waals surface area (Å²) in [4.78, 5) is 10.8. The maximum Gasteiger partial charge on any atom is 0.335 e. The Hall–Kier alpha value is -1.75. The van der Waals surface area contributed by atoms with E-state index in [9.17, 15) is 4.79 Å². The molecule has 2 rings (SSSR count). The summed E-state index contributed by atoms with van der Waals surface area (Å²) in [6, 6.07) is 4.51. The number of hydrogen-bond acceptors (Lipinski definition) is 4. The van der Waals surface area contributed by atoms with E-state index in [0.717, 1.165) is 12.8 Å². The molecule has 5 nitrogen and oxygen atoms in total. The van der Waals surface area contributed by atoms with Crippen molar-refractivity contribution in [1.29, 1.82) is 0 Å². The third-order valence-corrected chi connectivity index (χ3v) is 2.82. The summed E-state index contributed by atoms with van der Waals surface area (Å²) in [5.74, 6) is -0.0604. The highest BCUT2D eigenvalue weighted by Gasteiger charge is 2.39. The second kappa shape index (κ2) is 4.25. The first-order valence-electron chi connectivity index (χ1n) is 5.37. The van der Waals surface area contributed by atoms with Crippen molar-refractivity contribution in [3.8, 4) is 11.5 Å². The van der Waals surface area contributed by atoms with Crippen molar-refractivity contribution in [3.63, 3.8) is 0 Å². The molecule has 17 heavy (non-hydrogen) atoms. The molecule has 0 amide bonds. The monoisotopic (exact) mass is 237 g/mol. The van der Waals surface area contributed by atoms with Gasteiger partial charge in [0.2, 0.25) is 0 Å². The van der Waals surface area contributed by atoms with Crippen LogP contribution in [0.4, 0.5) is 0 Å². The molecule has 5 heteroatoms. The predicted octanol–water partition coefficient (Wildman–Crippen LogP) is 1.26. The summed E-state index contributed by atoms with van der Waals surface area (Å²) < 4.78 is 10.6. The molecule has 0 heterocycles. The van der Waals surface area contributed by atoms with Crippen LogP contribution in [0.15, 0.2) is 18.2 Å². The molecular weight excluding hydrogens is 222 g/mol.